The number of aromatic nitrogens is 2. The van der Waals surface area contributed by atoms with Crippen molar-refractivity contribution in [2.75, 3.05) is 0 Å². The number of aryl methyl sites for hydroxylation is 1. The summed E-state index contributed by atoms with van der Waals surface area (Å²) in [6, 6.07) is 7.26. The Kier molecular flexibility index (Phi) is 2.03. The third-order valence-corrected chi connectivity index (χ3v) is 2.85. The van der Waals surface area contributed by atoms with Gasteiger partial charge in [-0.3, -0.25) is 0 Å². The molecule has 0 saturated carbocycles. The van der Waals surface area contributed by atoms with Crippen molar-refractivity contribution in [2.24, 2.45) is 0 Å². The molecule has 2 aromatic rings. The Hall–Kier alpha value is -2.03. The molecule has 1 aliphatic heterocycles. The number of fused-ring (bicyclic) bond motifs is 1. The number of aromatic hydroxyl groups is 1. The highest BCUT2D eigenvalue weighted by molar-refractivity contribution is 5.77. The second kappa shape index (κ2) is 3.52. The summed E-state index contributed by atoms with van der Waals surface area (Å²) in [5, 5.41) is 9.27. The summed E-state index contributed by atoms with van der Waals surface area (Å²) >= 11 is 0. The van der Waals surface area contributed by atoms with Gasteiger partial charge in [0.05, 0.1) is 0 Å². The minimum absolute atomic E-state index is 0.295. The zero-order valence-corrected chi connectivity index (χ0v) is 8.80. The predicted molar refractivity (Wildman–Crippen MR) is 62.0 cm³/mol. The zero-order chi connectivity index (χ0) is 11.0. The second-order valence-electron chi connectivity index (χ2n) is 3.90. The number of rotatable bonds is 1. The van der Waals surface area contributed by atoms with Gasteiger partial charge in [-0.05, 0) is 24.1 Å². The maximum absolute atomic E-state index is 9.27. The summed E-state index contributed by atoms with van der Waals surface area (Å²) < 4.78 is 2.15. The molecule has 0 saturated heterocycles. The van der Waals surface area contributed by atoms with E-state index < -0.39 is 0 Å². The molecule has 16 heavy (non-hydrogen) atoms. The van der Waals surface area contributed by atoms with Gasteiger partial charge < -0.3 is 9.67 Å². The van der Waals surface area contributed by atoms with Crippen LogP contribution in [0.3, 0.4) is 0 Å². The summed E-state index contributed by atoms with van der Waals surface area (Å²) in [5.41, 5.74) is 2.25. The van der Waals surface area contributed by atoms with Gasteiger partial charge in [-0.25, -0.2) is 4.98 Å². The molecule has 1 aliphatic rings. The summed E-state index contributed by atoms with van der Waals surface area (Å²) in [6.45, 7) is 0.997. The van der Waals surface area contributed by atoms with E-state index in [2.05, 4.69) is 15.6 Å². The van der Waals surface area contributed by atoms with Crippen molar-refractivity contribution in [1.29, 1.82) is 0 Å². The van der Waals surface area contributed by atoms with Gasteiger partial charge >= 0.3 is 0 Å². The fraction of sp³-hybridized carbons (Fsp3) is 0.154. The van der Waals surface area contributed by atoms with Crippen molar-refractivity contribution in [1.82, 2.24) is 9.55 Å². The minimum atomic E-state index is 0.295. The van der Waals surface area contributed by atoms with E-state index in [9.17, 15) is 5.11 Å². The minimum Gasteiger partial charge on any atom is -0.508 e. The molecule has 3 rings (SSSR count). The van der Waals surface area contributed by atoms with E-state index in [1.54, 1.807) is 12.1 Å². The molecule has 0 fully saturated rings. The quantitative estimate of drug-likeness (QED) is 0.788. The van der Waals surface area contributed by atoms with E-state index in [0.29, 0.717) is 5.75 Å². The lowest BCUT2D eigenvalue weighted by molar-refractivity contribution is 0.475. The molecule has 0 unspecified atom stereocenters. The van der Waals surface area contributed by atoms with E-state index in [0.717, 1.165) is 29.9 Å². The van der Waals surface area contributed by atoms with Crippen LogP contribution in [0, 0.1) is 0 Å². The van der Waals surface area contributed by atoms with Gasteiger partial charge in [0.15, 0.2) is 0 Å². The molecule has 0 spiro atoms. The molecule has 1 N–H and O–H groups in total. The molecule has 0 radical (unpaired) electrons. The van der Waals surface area contributed by atoms with Crippen LogP contribution in [0.4, 0.5) is 0 Å². The Bertz CT molecular complexity index is 537. The van der Waals surface area contributed by atoms with Crippen LogP contribution in [0.25, 0.3) is 5.57 Å². The van der Waals surface area contributed by atoms with Crippen LogP contribution in [-0.2, 0) is 6.54 Å². The average Bonchev–Trinajstić information content (AvgIpc) is 2.78. The number of benzene rings is 1. The third-order valence-electron chi connectivity index (χ3n) is 2.85. The summed E-state index contributed by atoms with van der Waals surface area (Å²) in [5.74, 6) is 1.31. The summed E-state index contributed by atoms with van der Waals surface area (Å²) in [7, 11) is 0. The monoisotopic (exact) mass is 212 g/mol. The lowest BCUT2D eigenvalue weighted by Crippen LogP contribution is -2.07. The van der Waals surface area contributed by atoms with Crippen LogP contribution in [-0.4, -0.2) is 14.7 Å². The van der Waals surface area contributed by atoms with Gasteiger partial charge in [0.2, 0.25) is 0 Å². The Morgan fingerprint density at radius 1 is 1.19 bits per heavy atom. The van der Waals surface area contributed by atoms with Crippen molar-refractivity contribution in [2.45, 2.75) is 13.0 Å². The highest BCUT2D eigenvalue weighted by Crippen LogP contribution is 2.27. The molecule has 1 aromatic heterocycles. The average molecular weight is 212 g/mol. The van der Waals surface area contributed by atoms with Gasteiger partial charge in [0.1, 0.15) is 11.6 Å². The fourth-order valence-corrected chi connectivity index (χ4v) is 2.06. The zero-order valence-electron chi connectivity index (χ0n) is 8.80. The molecule has 3 nitrogen and oxygen atoms in total. The highest BCUT2D eigenvalue weighted by Gasteiger charge is 2.14. The molecule has 2 heterocycles. The van der Waals surface area contributed by atoms with Crippen LogP contribution in [0.5, 0.6) is 5.75 Å². The van der Waals surface area contributed by atoms with Gasteiger partial charge in [0, 0.05) is 24.5 Å². The maximum Gasteiger partial charge on any atom is 0.140 e. The van der Waals surface area contributed by atoms with Crippen LogP contribution >= 0.6 is 0 Å². The Morgan fingerprint density at radius 3 is 2.81 bits per heavy atom. The first-order valence-electron chi connectivity index (χ1n) is 5.36. The fourth-order valence-electron chi connectivity index (χ4n) is 2.06. The van der Waals surface area contributed by atoms with Gasteiger partial charge in [-0.1, -0.05) is 18.2 Å². The molecule has 1 aromatic carbocycles. The van der Waals surface area contributed by atoms with Gasteiger partial charge in [-0.15, -0.1) is 0 Å². The Morgan fingerprint density at radius 2 is 2.00 bits per heavy atom. The second-order valence-corrected chi connectivity index (χ2v) is 3.90. The van der Waals surface area contributed by atoms with Gasteiger partial charge in [-0.2, -0.15) is 0 Å². The number of allylic oxidation sites excluding steroid dienone is 1. The molecule has 0 atom stereocenters. The SMILES string of the molecule is Oc1ccc(C2=CCCn3ccnc32)cc1. The van der Waals surface area contributed by atoms with E-state index >= 15 is 0 Å². The van der Waals surface area contributed by atoms with E-state index in [1.165, 1.54) is 0 Å². The maximum atomic E-state index is 9.27. The number of hydrogen-bond acceptors (Lipinski definition) is 2. The molecule has 0 amide bonds. The Balaban J connectivity index is 2.08. The first-order valence-corrected chi connectivity index (χ1v) is 5.36. The number of phenolic OH excluding ortho intramolecular Hbond substituents is 1. The normalized spacial score (nSPS) is 14.4. The van der Waals surface area contributed by atoms with Crippen molar-refractivity contribution >= 4 is 5.57 Å². The van der Waals surface area contributed by atoms with Crippen molar-refractivity contribution in [3.8, 4) is 5.75 Å². The van der Waals surface area contributed by atoms with Crippen LogP contribution in [0.1, 0.15) is 17.8 Å². The van der Waals surface area contributed by atoms with E-state index in [4.69, 9.17) is 0 Å². The molecular formula is C13H12N2O. The van der Waals surface area contributed by atoms with Crippen LogP contribution in [0.15, 0.2) is 42.7 Å². The number of hydrogen-bond donors (Lipinski definition) is 1. The topological polar surface area (TPSA) is 38.0 Å². The smallest absolute Gasteiger partial charge is 0.140 e. The summed E-state index contributed by atoms with van der Waals surface area (Å²) in [4.78, 5) is 4.37. The number of nitrogens with zero attached hydrogens (tertiary/aromatic N) is 2. The predicted octanol–water partition coefficient (Wildman–Crippen LogP) is 2.42. The van der Waals surface area contributed by atoms with Crippen LogP contribution < -0.4 is 0 Å². The number of phenols is 1. The van der Waals surface area contributed by atoms with Crippen molar-refractivity contribution in [3.63, 3.8) is 0 Å². The van der Waals surface area contributed by atoms with E-state index in [1.807, 2.05) is 24.5 Å². The van der Waals surface area contributed by atoms with Crippen molar-refractivity contribution < 1.29 is 5.11 Å². The Labute approximate surface area is 93.7 Å². The van der Waals surface area contributed by atoms with Crippen molar-refractivity contribution in [3.05, 3.63) is 54.1 Å². The van der Waals surface area contributed by atoms with E-state index in [-0.39, 0.29) is 0 Å². The standard InChI is InChI=1S/C13H12N2O/c16-11-5-3-10(4-6-11)12-2-1-8-15-9-7-14-13(12)15/h2-7,9,16H,1,8H2. The highest BCUT2D eigenvalue weighted by atomic mass is 16.3. The molecule has 80 valence electrons. The van der Waals surface area contributed by atoms with Crippen LogP contribution in [0.2, 0.25) is 0 Å². The largest absolute Gasteiger partial charge is 0.508 e. The lowest BCUT2D eigenvalue weighted by atomic mass is 10.0. The summed E-state index contributed by atoms with van der Waals surface area (Å²) in [6.07, 6.45) is 7.06. The first kappa shape index (κ1) is 9.21. The molecule has 0 aliphatic carbocycles. The molecule has 3 heteroatoms. The molecular weight excluding hydrogens is 200 g/mol. The molecule has 0 bridgehead atoms. The van der Waals surface area contributed by atoms with Gasteiger partial charge in [0.25, 0.3) is 0 Å². The number of imidazole rings is 1. The third kappa shape index (κ3) is 1.41. The lowest BCUT2D eigenvalue weighted by Gasteiger charge is -2.15. The first-order chi connectivity index (χ1) is 7.84.